The lowest BCUT2D eigenvalue weighted by Gasteiger charge is -2.17. The molecule has 0 amide bonds. The molecule has 0 radical (unpaired) electrons. The Labute approximate surface area is 122 Å². The van der Waals surface area contributed by atoms with Crippen LogP contribution in [0, 0.1) is 5.92 Å². The molecule has 1 rings (SSSR count). The van der Waals surface area contributed by atoms with E-state index in [1.165, 1.54) is 0 Å². The van der Waals surface area contributed by atoms with Crippen molar-refractivity contribution in [2.24, 2.45) is 11.7 Å². The van der Waals surface area contributed by atoms with E-state index in [4.69, 9.17) is 5.73 Å². The zero-order valence-electron chi connectivity index (χ0n) is 12.7. The molecule has 1 aromatic rings. The van der Waals surface area contributed by atoms with Crippen molar-refractivity contribution in [3.8, 4) is 0 Å². The van der Waals surface area contributed by atoms with Gasteiger partial charge in [-0.05, 0) is 43.6 Å². The Morgan fingerprint density at radius 2 is 1.75 bits per heavy atom. The molecule has 5 heteroatoms. The van der Waals surface area contributed by atoms with Crippen molar-refractivity contribution < 1.29 is 8.42 Å². The Morgan fingerprint density at radius 1 is 1.15 bits per heavy atom. The van der Waals surface area contributed by atoms with Crippen molar-refractivity contribution in [2.45, 2.75) is 31.7 Å². The van der Waals surface area contributed by atoms with Gasteiger partial charge >= 0.3 is 0 Å². The van der Waals surface area contributed by atoms with Gasteiger partial charge in [-0.25, -0.2) is 8.42 Å². The summed E-state index contributed by atoms with van der Waals surface area (Å²) in [5.74, 6) is 0.793. The van der Waals surface area contributed by atoms with Crippen LogP contribution in [0.3, 0.4) is 0 Å². The van der Waals surface area contributed by atoms with Gasteiger partial charge in [0.2, 0.25) is 0 Å². The van der Waals surface area contributed by atoms with Gasteiger partial charge in [0.15, 0.2) is 9.84 Å². The number of benzene rings is 1. The number of hydrogen-bond donors (Lipinski definition) is 1. The molecule has 0 aromatic heterocycles. The highest BCUT2D eigenvalue weighted by atomic mass is 32.2. The summed E-state index contributed by atoms with van der Waals surface area (Å²) in [6, 6.07) is 6.84. The molecule has 0 aliphatic carbocycles. The van der Waals surface area contributed by atoms with Crippen LogP contribution in [-0.4, -0.2) is 39.2 Å². The summed E-state index contributed by atoms with van der Waals surface area (Å²) in [5, 5.41) is 0. The Kier molecular flexibility index (Phi) is 6.65. The predicted octanol–water partition coefficient (Wildman–Crippen LogP) is 1.90. The zero-order chi connectivity index (χ0) is 15.2. The SMILES string of the molecule is CC(C)CCN(C)CCS(=O)(=O)c1ccc(CN)cc1. The molecule has 114 valence electrons. The van der Waals surface area contributed by atoms with Gasteiger partial charge in [-0.3, -0.25) is 0 Å². The van der Waals surface area contributed by atoms with Crippen molar-refractivity contribution in [3.63, 3.8) is 0 Å². The molecule has 0 unspecified atom stereocenters. The maximum Gasteiger partial charge on any atom is 0.179 e. The minimum absolute atomic E-state index is 0.156. The Balaban J connectivity index is 2.56. The van der Waals surface area contributed by atoms with Crippen molar-refractivity contribution in [3.05, 3.63) is 29.8 Å². The Hall–Kier alpha value is -0.910. The first-order chi connectivity index (χ1) is 9.35. The number of nitrogens with two attached hydrogens (primary N) is 1. The van der Waals surface area contributed by atoms with Gasteiger partial charge in [0.1, 0.15) is 0 Å². The van der Waals surface area contributed by atoms with Crippen LogP contribution < -0.4 is 5.73 Å². The van der Waals surface area contributed by atoms with E-state index < -0.39 is 9.84 Å². The maximum absolute atomic E-state index is 12.2. The fourth-order valence-corrected chi connectivity index (χ4v) is 3.16. The first kappa shape index (κ1) is 17.1. The second kappa shape index (κ2) is 7.76. The lowest BCUT2D eigenvalue weighted by molar-refractivity contribution is 0.326. The van der Waals surface area contributed by atoms with Crippen LogP contribution in [0.15, 0.2) is 29.2 Å². The molecule has 20 heavy (non-hydrogen) atoms. The summed E-state index contributed by atoms with van der Waals surface area (Å²) in [6.45, 7) is 6.26. The summed E-state index contributed by atoms with van der Waals surface area (Å²) < 4.78 is 24.4. The van der Waals surface area contributed by atoms with E-state index in [0.717, 1.165) is 18.5 Å². The average molecular weight is 298 g/mol. The third-order valence-corrected chi connectivity index (χ3v) is 5.06. The van der Waals surface area contributed by atoms with Gasteiger partial charge in [-0.2, -0.15) is 0 Å². The van der Waals surface area contributed by atoms with E-state index in [9.17, 15) is 8.42 Å². The molecule has 0 bridgehead atoms. The van der Waals surface area contributed by atoms with Crippen molar-refractivity contribution in [1.29, 1.82) is 0 Å². The molecule has 0 saturated heterocycles. The van der Waals surface area contributed by atoms with Crippen LogP contribution in [0.4, 0.5) is 0 Å². The van der Waals surface area contributed by atoms with Gasteiger partial charge < -0.3 is 10.6 Å². The summed E-state index contributed by atoms with van der Waals surface area (Å²) in [6.07, 6.45) is 1.09. The van der Waals surface area contributed by atoms with Crippen LogP contribution in [-0.2, 0) is 16.4 Å². The molecule has 0 spiro atoms. The van der Waals surface area contributed by atoms with Crippen LogP contribution in [0.5, 0.6) is 0 Å². The highest BCUT2D eigenvalue weighted by Gasteiger charge is 2.15. The van der Waals surface area contributed by atoms with E-state index >= 15 is 0 Å². The highest BCUT2D eigenvalue weighted by molar-refractivity contribution is 7.91. The fraction of sp³-hybridized carbons (Fsp3) is 0.600. The minimum Gasteiger partial charge on any atom is -0.326 e. The number of rotatable bonds is 8. The van der Waals surface area contributed by atoms with Crippen molar-refractivity contribution in [1.82, 2.24) is 4.90 Å². The largest absolute Gasteiger partial charge is 0.326 e. The summed E-state index contributed by atoms with van der Waals surface area (Å²) in [4.78, 5) is 2.46. The topological polar surface area (TPSA) is 63.4 Å². The lowest BCUT2D eigenvalue weighted by Crippen LogP contribution is -2.27. The quantitative estimate of drug-likeness (QED) is 0.796. The third-order valence-electron chi connectivity index (χ3n) is 3.35. The summed E-state index contributed by atoms with van der Waals surface area (Å²) in [5.41, 5.74) is 6.45. The molecule has 0 atom stereocenters. The third kappa shape index (κ3) is 5.61. The molecule has 1 aromatic carbocycles. The minimum atomic E-state index is -3.20. The fourth-order valence-electron chi connectivity index (χ4n) is 1.82. The van der Waals surface area contributed by atoms with Gasteiger partial charge in [-0.1, -0.05) is 26.0 Å². The van der Waals surface area contributed by atoms with Crippen LogP contribution in [0.2, 0.25) is 0 Å². The monoisotopic (exact) mass is 298 g/mol. The molecule has 0 saturated carbocycles. The molecule has 0 aliphatic rings. The van der Waals surface area contributed by atoms with Gasteiger partial charge in [-0.15, -0.1) is 0 Å². The molecule has 0 fully saturated rings. The molecular formula is C15H26N2O2S. The summed E-state index contributed by atoms with van der Waals surface area (Å²) in [7, 11) is -1.23. The second-order valence-electron chi connectivity index (χ2n) is 5.65. The van der Waals surface area contributed by atoms with Gasteiger partial charge in [0, 0.05) is 13.1 Å². The molecule has 0 heterocycles. The van der Waals surface area contributed by atoms with E-state index in [2.05, 4.69) is 18.7 Å². The van der Waals surface area contributed by atoms with E-state index in [1.807, 2.05) is 7.05 Å². The predicted molar refractivity (Wildman–Crippen MR) is 83.3 cm³/mol. The molecule has 4 nitrogen and oxygen atoms in total. The smallest absolute Gasteiger partial charge is 0.179 e. The second-order valence-corrected chi connectivity index (χ2v) is 7.76. The van der Waals surface area contributed by atoms with E-state index in [0.29, 0.717) is 23.9 Å². The number of sulfone groups is 1. The van der Waals surface area contributed by atoms with Crippen molar-refractivity contribution in [2.75, 3.05) is 25.9 Å². The number of nitrogens with zero attached hydrogens (tertiary/aromatic N) is 1. The average Bonchev–Trinajstić information content (AvgIpc) is 2.43. The Bertz CT molecular complexity index is 495. The Morgan fingerprint density at radius 3 is 2.25 bits per heavy atom. The first-order valence-electron chi connectivity index (χ1n) is 7.05. The highest BCUT2D eigenvalue weighted by Crippen LogP contribution is 2.12. The molecular weight excluding hydrogens is 272 g/mol. The van der Waals surface area contributed by atoms with Crippen LogP contribution >= 0.6 is 0 Å². The van der Waals surface area contributed by atoms with E-state index in [-0.39, 0.29) is 5.75 Å². The molecule has 2 N–H and O–H groups in total. The lowest BCUT2D eigenvalue weighted by atomic mass is 10.1. The van der Waals surface area contributed by atoms with Crippen LogP contribution in [0.1, 0.15) is 25.8 Å². The first-order valence-corrected chi connectivity index (χ1v) is 8.70. The maximum atomic E-state index is 12.2. The summed E-state index contributed by atoms with van der Waals surface area (Å²) >= 11 is 0. The normalized spacial score (nSPS) is 12.3. The number of hydrogen-bond acceptors (Lipinski definition) is 4. The molecule has 0 aliphatic heterocycles. The van der Waals surface area contributed by atoms with Gasteiger partial charge in [0.25, 0.3) is 0 Å². The van der Waals surface area contributed by atoms with Gasteiger partial charge in [0.05, 0.1) is 10.6 Å². The van der Waals surface area contributed by atoms with Crippen LogP contribution in [0.25, 0.3) is 0 Å². The zero-order valence-corrected chi connectivity index (χ0v) is 13.5. The van der Waals surface area contributed by atoms with Crippen molar-refractivity contribution >= 4 is 9.84 Å². The standard InChI is InChI=1S/C15H26N2O2S/c1-13(2)8-9-17(3)10-11-20(18,19)15-6-4-14(12-16)5-7-15/h4-7,13H,8-12,16H2,1-3H3. The van der Waals surface area contributed by atoms with E-state index in [1.54, 1.807) is 24.3 Å².